The Labute approximate surface area is 821 Å². The maximum Gasteiger partial charge on any atom is 0.159 e. The maximum atomic E-state index is 7.09. The zero-order valence-electron chi connectivity index (χ0n) is 78.5. The molecule has 0 saturated heterocycles. The van der Waals surface area contributed by atoms with Crippen molar-refractivity contribution in [1.29, 1.82) is 0 Å². The SMILES string of the molecule is Cc1ccc2c(-c3ccc(N(c4ccccc4)c4cccc5c4oc4ccccc45)cc3)cc3c4cc(C)cc5c4c(cc3c2c1)-c1ccc(N(c2ccccc2)c2ccc3ccccc3c2)cc1O5.Cc1ccc2c(-c3ccc(N(c4ccccc4)c4cccc5c4oc4ccccc45)cc3)cc3c4cc(C)cc5c4c(cc3c2c1)-c1ccc(N(c2ccccc2)c2ccccc2-c2ccccc2)cc1O5. The molecule has 8 heteroatoms. The molecule has 0 spiro atoms. The average molecular weight is 1820 g/mol. The van der Waals surface area contributed by atoms with Gasteiger partial charge in [0.25, 0.3) is 0 Å². The van der Waals surface area contributed by atoms with E-state index < -0.39 is 0 Å². The number of para-hydroxylation sites is 9. The summed E-state index contributed by atoms with van der Waals surface area (Å²) in [6.45, 7) is 8.74. The largest absolute Gasteiger partial charge is 0.456 e. The molecule has 0 unspecified atom stereocenters. The number of furan rings is 2. The fourth-order valence-electron chi connectivity index (χ4n) is 22.3. The maximum absolute atomic E-state index is 7.09. The number of hydrogen-bond donors (Lipinski definition) is 0. The van der Waals surface area contributed by atoms with Crippen LogP contribution in [0.5, 0.6) is 23.0 Å². The van der Waals surface area contributed by atoms with E-state index in [1.165, 1.54) is 98.0 Å². The molecule has 4 heterocycles. The van der Waals surface area contributed by atoms with E-state index in [9.17, 15) is 0 Å². The van der Waals surface area contributed by atoms with Crippen LogP contribution in [0.3, 0.4) is 0 Å². The Morgan fingerprint density at radius 1 is 0.162 bits per heavy atom. The van der Waals surface area contributed by atoms with Gasteiger partial charge in [-0.25, -0.2) is 0 Å². The van der Waals surface area contributed by atoms with Gasteiger partial charge in [-0.1, -0.05) is 296 Å². The number of hydrogen-bond acceptors (Lipinski definition) is 8. The zero-order valence-corrected chi connectivity index (χ0v) is 78.5. The second-order valence-corrected chi connectivity index (χ2v) is 37.6. The van der Waals surface area contributed by atoms with Crippen molar-refractivity contribution in [2.75, 3.05) is 19.6 Å². The van der Waals surface area contributed by atoms with Gasteiger partial charge in [0.1, 0.15) is 34.2 Å². The number of ether oxygens (including phenoxy) is 2. The Balaban J connectivity index is 0.000000142. The van der Waals surface area contributed by atoms with Crippen LogP contribution in [-0.2, 0) is 0 Å². The van der Waals surface area contributed by atoms with Gasteiger partial charge in [0.15, 0.2) is 11.2 Å². The van der Waals surface area contributed by atoms with Gasteiger partial charge in [0.2, 0.25) is 0 Å². The minimum absolute atomic E-state index is 0.836. The van der Waals surface area contributed by atoms with Crippen molar-refractivity contribution < 1.29 is 18.3 Å². The van der Waals surface area contributed by atoms with Gasteiger partial charge in [-0.3, -0.25) is 0 Å². The summed E-state index contributed by atoms with van der Waals surface area (Å²) in [7, 11) is 0. The van der Waals surface area contributed by atoms with Gasteiger partial charge < -0.3 is 37.9 Å². The molecule has 8 nitrogen and oxygen atoms in total. The van der Waals surface area contributed by atoms with Crippen molar-refractivity contribution in [3.63, 3.8) is 0 Å². The number of benzene rings is 24. The van der Waals surface area contributed by atoms with Crippen LogP contribution in [0.1, 0.15) is 22.3 Å². The van der Waals surface area contributed by atoms with Crippen LogP contribution in [0.2, 0.25) is 0 Å². The highest BCUT2D eigenvalue weighted by Gasteiger charge is 2.32. The van der Waals surface area contributed by atoms with E-state index in [2.05, 4.69) is 496 Å². The normalized spacial score (nSPS) is 11.9. The molecule has 0 bridgehead atoms. The Kier molecular flexibility index (Phi) is 19.7. The number of rotatable bonds is 15. The lowest BCUT2D eigenvalue weighted by Gasteiger charge is -2.30. The fourth-order valence-corrected chi connectivity index (χ4v) is 22.3. The molecule has 0 N–H and O–H groups in total. The fraction of sp³-hybridized carbons (Fsp3) is 0.0299. The predicted octanol–water partition coefficient (Wildman–Crippen LogP) is 38.9. The Morgan fingerprint density at radius 3 is 0.986 bits per heavy atom. The van der Waals surface area contributed by atoms with E-state index in [-0.39, 0.29) is 0 Å². The van der Waals surface area contributed by atoms with Crippen LogP contribution < -0.4 is 29.1 Å². The van der Waals surface area contributed by atoms with Crippen molar-refractivity contribution in [1.82, 2.24) is 0 Å². The highest BCUT2D eigenvalue weighted by atomic mass is 16.5. The zero-order chi connectivity index (χ0) is 94.3. The van der Waals surface area contributed by atoms with Crippen LogP contribution in [0.15, 0.2) is 482 Å². The lowest BCUT2D eigenvalue weighted by atomic mass is 9.85. The van der Waals surface area contributed by atoms with Crippen molar-refractivity contribution in [3.05, 3.63) is 495 Å². The van der Waals surface area contributed by atoms with E-state index >= 15 is 0 Å². The van der Waals surface area contributed by atoms with Gasteiger partial charge in [-0.05, 0) is 318 Å². The second-order valence-electron chi connectivity index (χ2n) is 37.6. The van der Waals surface area contributed by atoms with Crippen LogP contribution in [0, 0.1) is 27.7 Å². The highest BCUT2D eigenvalue weighted by molar-refractivity contribution is 6.28. The Bertz CT molecular complexity index is 9600. The summed E-state index contributed by atoms with van der Waals surface area (Å²) in [4.78, 5) is 9.27. The molecule has 0 radical (unpaired) electrons. The summed E-state index contributed by atoms with van der Waals surface area (Å²) in [5.41, 5.74) is 32.3. The summed E-state index contributed by atoms with van der Waals surface area (Å²) < 4.78 is 27.3. The van der Waals surface area contributed by atoms with E-state index in [4.69, 9.17) is 18.3 Å². The first-order chi connectivity index (χ1) is 70.0. The molecule has 0 saturated carbocycles. The van der Waals surface area contributed by atoms with Crippen LogP contribution >= 0.6 is 0 Å². The van der Waals surface area contributed by atoms with E-state index in [0.717, 1.165) is 190 Å². The highest BCUT2D eigenvalue weighted by Crippen LogP contribution is 2.58. The lowest BCUT2D eigenvalue weighted by molar-refractivity contribution is 0.486. The molecule has 2 aromatic heterocycles. The van der Waals surface area contributed by atoms with Gasteiger partial charge in [0, 0.05) is 112 Å². The minimum Gasteiger partial charge on any atom is -0.456 e. The summed E-state index contributed by atoms with van der Waals surface area (Å²) >= 11 is 0. The molecule has 28 rings (SSSR count). The summed E-state index contributed by atoms with van der Waals surface area (Å²) in [6, 6.07) is 170. The molecule has 26 aromatic rings. The Morgan fingerprint density at radius 2 is 0.500 bits per heavy atom. The summed E-state index contributed by atoms with van der Waals surface area (Å²) in [5, 5.41) is 21.2. The van der Waals surface area contributed by atoms with Gasteiger partial charge in [-0.2, -0.15) is 0 Å². The molecule has 24 aromatic carbocycles. The molecule has 670 valence electrons. The van der Waals surface area contributed by atoms with Crippen LogP contribution in [0.25, 0.3) is 175 Å². The minimum atomic E-state index is 0.836. The van der Waals surface area contributed by atoms with Gasteiger partial charge in [-0.15, -0.1) is 0 Å². The smallest absolute Gasteiger partial charge is 0.159 e. The molecule has 0 amide bonds. The molecule has 0 aliphatic carbocycles. The van der Waals surface area contributed by atoms with Crippen molar-refractivity contribution in [2.24, 2.45) is 0 Å². The van der Waals surface area contributed by atoms with Gasteiger partial charge in [0.05, 0.1) is 17.1 Å². The first-order valence-corrected chi connectivity index (χ1v) is 48.6. The average Bonchev–Trinajstić information content (AvgIpc) is 1.55. The third-order valence-corrected chi connectivity index (χ3v) is 28.7. The topological polar surface area (TPSA) is 57.7 Å². The van der Waals surface area contributed by atoms with Crippen molar-refractivity contribution in [3.8, 4) is 78.6 Å². The summed E-state index contributed by atoms with van der Waals surface area (Å²) in [6.07, 6.45) is 0. The van der Waals surface area contributed by atoms with Crippen molar-refractivity contribution >= 4 is 188 Å². The van der Waals surface area contributed by atoms with E-state index in [1.54, 1.807) is 0 Å². The molecule has 142 heavy (non-hydrogen) atoms. The standard InChI is InChI=1S/C68H46N2O2.C66H44N2O2/c1-43-29-35-52-56(46-30-32-49(33-31-46)69(47-19-8-4-9-20-47)63-27-16-25-55-53-24-13-15-28-64(53)72-68(55)63)41-59-58(57(52)37-43)42-61-54-36-34-50(40-65(54)71-66-39-44(2)38-60(59)67(61)66)70(48-21-10-5-11-22-48)62-26-14-12-23-51(62)45-17-6-3-7-18-45;1-41-24-32-51-55(44-26-28-48(29-27-44)68(47-18-7-4-8-19-47)61-22-13-21-54-52-20-11-12-23-62(52)70-66(54)61)39-58-57(56(51)34-41)40-60-53-33-31-50(38-63(53)69-64-36-42(2)35-59(58)65(60)64)67(46-16-5-3-6-17-46)49-30-25-43-14-9-10-15-45(43)37-49/h3-42H,1-2H3;3-40H,1-2H3. The lowest BCUT2D eigenvalue weighted by Crippen LogP contribution is -2.11. The van der Waals surface area contributed by atoms with E-state index in [1.807, 2.05) is 24.3 Å². The molecular formula is C134H90N4O4. The van der Waals surface area contributed by atoms with Crippen molar-refractivity contribution in [2.45, 2.75) is 27.7 Å². The third kappa shape index (κ3) is 14.0. The summed E-state index contributed by atoms with van der Waals surface area (Å²) in [5.74, 6) is 3.43. The first-order valence-electron chi connectivity index (χ1n) is 48.6. The molecule has 0 fully saturated rings. The number of anilines is 12. The van der Waals surface area contributed by atoms with Gasteiger partial charge >= 0.3 is 0 Å². The van der Waals surface area contributed by atoms with Crippen LogP contribution in [-0.4, -0.2) is 0 Å². The predicted molar refractivity (Wildman–Crippen MR) is 595 cm³/mol. The monoisotopic (exact) mass is 1820 g/mol. The number of aryl methyl sites for hydroxylation is 4. The molecule has 2 aliphatic heterocycles. The first kappa shape index (κ1) is 82.9. The second kappa shape index (κ2) is 33.7. The third-order valence-electron chi connectivity index (χ3n) is 28.7. The Hall–Kier alpha value is -18.5. The number of nitrogens with zero attached hydrogens (tertiary/aromatic N) is 4. The molecule has 2 aliphatic rings. The quantitative estimate of drug-likeness (QED) is 0.0941. The number of fused-ring (bicyclic) bond motifs is 19. The van der Waals surface area contributed by atoms with Crippen LogP contribution in [0.4, 0.5) is 68.2 Å². The van der Waals surface area contributed by atoms with E-state index in [0.29, 0.717) is 0 Å². The molecule has 0 atom stereocenters. The molecular weight excluding hydrogens is 1730 g/mol.